The second-order valence-corrected chi connectivity index (χ2v) is 5.34. The van der Waals surface area contributed by atoms with Gasteiger partial charge in [-0.25, -0.2) is 13.1 Å². The molecule has 18 heavy (non-hydrogen) atoms. The third-order valence-electron chi connectivity index (χ3n) is 2.26. The fraction of sp³-hybridized carbons (Fsp3) is 0.200. The highest BCUT2D eigenvalue weighted by molar-refractivity contribution is 7.93. The molecule has 1 heterocycles. The third-order valence-corrected chi connectivity index (χ3v) is 3.80. The maximum atomic E-state index is 12.1. The summed E-state index contributed by atoms with van der Waals surface area (Å²) >= 11 is 0. The zero-order chi connectivity index (χ0) is 13.3. The van der Waals surface area contributed by atoms with Crippen molar-refractivity contribution in [3.63, 3.8) is 0 Å². The number of hydrogen-bond donors (Lipinski definition) is 2. The Balaban J connectivity index is 2.43. The van der Waals surface area contributed by atoms with Crippen molar-refractivity contribution in [2.24, 2.45) is 0 Å². The summed E-state index contributed by atoms with van der Waals surface area (Å²) in [6.07, 6.45) is 0. The van der Waals surface area contributed by atoms with Gasteiger partial charge in [0.15, 0.2) is 0 Å². The molecule has 3 N–H and O–H groups in total. The molecule has 0 saturated heterocycles. The number of aromatic nitrogens is 2. The molecule has 2 rings (SSSR count). The second kappa shape index (κ2) is 4.30. The summed E-state index contributed by atoms with van der Waals surface area (Å²) in [6.45, 7) is 3.22. The predicted molar refractivity (Wildman–Crippen MR) is 65.4 cm³/mol. The molecule has 8 heteroatoms. The van der Waals surface area contributed by atoms with Gasteiger partial charge < -0.3 is 10.2 Å². The van der Waals surface area contributed by atoms with Crippen molar-refractivity contribution >= 4 is 21.7 Å². The number of aryl methyl sites for hydroxylation is 2. The first kappa shape index (κ1) is 12.4. The summed E-state index contributed by atoms with van der Waals surface area (Å²) in [5, 5.41) is 7.10. The highest BCUT2D eigenvalue weighted by Gasteiger charge is 2.22. The van der Waals surface area contributed by atoms with Crippen LogP contribution in [0.4, 0.5) is 11.7 Å². The summed E-state index contributed by atoms with van der Waals surface area (Å²) in [5.41, 5.74) is 6.39. The molecule has 0 fully saturated rings. The largest absolute Gasteiger partial charge is 0.408 e. The van der Waals surface area contributed by atoms with Crippen LogP contribution >= 0.6 is 0 Å². The first-order valence-corrected chi connectivity index (χ1v) is 6.56. The SMILES string of the molecule is Cc1nnc(NS(=O)(=O)c2c(C)cccc2N)o1. The van der Waals surface area contributed by atoms with E-state index in [1.807, 2.05) is 0 Å². The van der Waals surface area contributed by atoms with E-state index in [4.69, 9.17) is 10.2 Å². The number of nitrogens with one attached hydrogen (secondary N) is 1. The van der Waals surface area contributed by atoms with E-state index in [9.17, 15) is 8.42 Å². The molecule has 0 aliphatic carbocycles. The minimum absolute atomic E-state index is 0.0147. The predicted octanol–water partition coefficient (Wildman–Crippen LogP) is 1.07. The summed E-state index contributed by atoms with van der Waals surface area (Å²) in [4.78, 5) is 0.0147. The van der Waals surface area contributed by atoms with Crippen molar-refractivity contribution in [1.29, 1.82) is 0 Å². The van der Waals surface area contributed by atoms with E-state index in [1.165, 1.54) is 6.07 Å². The Hall–Kier alpha value is -2.09. The number of anilines is 2. The third kappa shape index (κ3) is 2.28. The molecule has 1 aromatic carbocycles. The molecule has 0 saturated carbocycles. The average Bonchev–Trinajstić information content (AvgIpc) is 2.62. The van der Waals surface area contributed by atoms with Crippen LogP contribution in [0.2, 0.25) is 0 Å². The molecule has 0 bridgehead atoms. The number of nitrogens with zero attached hydrogens (tertiary/aromatic N) is 2. The molecular formula is C10H12N4O3S. The molecular weight excluding hydrogens is 256 g/mol. The second-order valence-electron chi connectivity index (χ2n) is 3.72. The lowest BCUT2D eigenvalue weighted by atomic mass is 10.2. The van der Waals surface area contributed by atoms with Crippen LogP contribution in [-0.2, 0) is 10.0 Å². The Bertz CT molecular complexity index is 658. The summed E-state index contributed by atoms with van der Waals surface area (Å²) in [6, 6.07) is 4.67. The van der Waals surface area contributed by atoms with Gasteiger partial charge in [0.1, 0.15) is 4.90 Å². The van der Waals surface area contributed by atoms with Gasteiger partial charge in [-0.3, -0.25) is 0 Å². The molecule has 0 aliphatic heterocycles. The summed E-state index contributed by atoms with van der Waals surface area (Å²) in [5.74, 6) is 0.269. The van der Waals surface area contributed by atoms with E-state index in [0.29, 0.717) is 5.56 Å². The lowest BCUT2D eigenvalue weighted by Crippen LogP contribution is -2.16. The highest BCUT2D eigenvalue weighted by Crippen LogP contribution is 2.24. The Morgan fingerprint density at radius 2 is 2.00 bits per heavy atom. The quantitative estimate of drug-likeness (QED) is 0.805. The zero-order valence-corrected chi connectivity index (χ0v) is 10.7. The molecule has 0 aliphatic rings. The Morgan fingerprint density at radius 3 is 2.56 bits per heavy atom. The van der Waals surface area contributed by atoms with Crippen molar-refractivity contribution in [1.82, 2.24) is 10.2 Å². The molecule has 96 valence electrons. The zero-order valence-electron chi connectivity index (χ0n) is 9.84. The fourth-order valence-corrected chi connectivity index (χ4v) is 2.83. The van der Waals surface area contributed by atoms with E-state index in [-0.39, 0.29) is 22.5 Å². The molecule has 0 amide bonds. The Kier molecular flexibility index (Phi) is 2.95. The van der Waals surface area contributed by atoms with Gasteiger partial charge in [0, 0.05) is 6.92 Å². The summed E-state index contributed by atoms with van der Waals surface area (Å²) < 4.78 is 31.4. The number of nitrogens with two attached hydrogens (primary N) is 1. The van der Waals surface area contributed by atoms with Crippen LogP contribution in [0.1, 0.15) is 11.5 Å². The number of benzene rings is 1. The minimum Gasteiger partial charge on any atom is -0.408 e. The Labute approximate surface area is 104 Å². The molecule has 0 spiro atoms. The van der Waals surface area contributed by atoms with E-state index in [0.717, 1.165) is 0 Å². The van der Waals surface area contributed by atoms with Gasteiger partial charge in [-0.1, -0.05) is 17.2 Å². The summed E-state index contributed by atoms with van der Waals surface area (Å²) in [7, 11) is -3.83. The molecule has 0 atom stereocenters. The highest BCUT2D eigenvalue weighted by atomic mass is 32.2. The van der Waals surface area contributed by atoms with Crippen molar-refractivity contribution in [3.05, 3.63) is 29.7 Å². The van der Waals surface area contributed by atoms with Gasteiger partial charge >= 0.3 is 6.01 Å². The van der Waals surface area contributed by atoms with Crippen LogP contribution in [0, 0.1) is 13.8 Å². The van der Waals surface area contributed by atoms with Crippen LogP contribution < -0.4 is 10.5 Å². The minimum atomic E-state index is -3.83. The fourth-order valence-electron chi connectivity index (χ4n) is 1.55. The van der Waals surface area contributed by atoms with Crippen molar-refractivity contribution in [2.45, 2.75) is 18.7 Å². The van der Waals surface area contributed by atoms with E-state index in [1.54, 1.807) is 26.0 Å². The van der Waals surface area contributed by atoms with Gasteiger partial charge in [-0.05, 0) is 18.6 Å². The van der Waals surface area contributed by atoms with Gasteiger partial charge in [0.05, 0.1) is 5.69 Å². The molecule has 2 aromatic rings. The van der Waals surface area contributed by atoms with E-state index < -0.39 is 10.0 Å². The molecule has 0 radical (unpaired) electrons. The first-order valence-electron chi connectivity index (χ1n) is 5.08. The maximum Gasteiger partial charge on any atom is 0.329 e. The number of rotatable bonds is 3. The number of nitrogen functional groups attached to an aromatic ring is 1. The monoisotopic (exact) mass is 268 g/mol. The smallest absolute Gasteiger partial charge is 0.329 e. The lowest BCUT2D eigenvalue weighted by Gasteiger charge is -2.09. The van der Waals surface area contributed by atoms with E-state index >= 15 is 0 Å². The molecule has 0 unspecified atom stereocenters. The Morgan fingerprint density at radius 1 is 1.28 bits per heavy atom. The van der Waals surface area contributed by atoms with Crippen LogP contribution in [-0.4, -0.2) is 18.6 Å². The first-order chi connectivity index (χ1) is 8.40. The van der Waals surface area contributed by atoms with Crippen molar-refractivity contribution in [2.75, 3.05) is 10.5 Å². The number of hydrogen-bond acceptors (Lipinski definition) is 6. The van der Waals surface area contributed by atoms with Crippen LogP contribution in [0.15, 0.2) is 27.5 Å². The lowest BCUT2D eigenvalue weighted by molar-refractivity contribution is 0.534. The van der Waals surface area contributed by atoms with Crippen LogP contribution in [0.5, 0.6) is 0 Å². The standard InChI is InChI=1S/C10H12N4O3S/c1-6-4-3-5-8(11)9(6)18(15,16)14-10-13-12-7(2)17-10/h3-5H,11H2,1-2H3,(H,13,14). The topological polar surface area (TPSA) is 111 Å². The van der Waals surface area contributed by atoms with Gasteiger partial charge in [0.25, 0.3) is 10.0 Å². The van der Waals surface area contributed by atoms with Gasteiger partial charge in [0.2, 0.25) is 5.89 Å². The van der Waals surface area contributed by atoms with Crippen molar-refractivity contribution in [3.8, 4) is 0 Å². The van der Waals surface area contributed by atoms with Crippen molar-refractivity contribution < 1.29 is 12.8 Å². The van der Waals surface area contributed by atoms with Crippen LogP contribution in [0.3, 0.4) is 0 Å². The van der Waals surface area contributed by atoms with E-state index in [2.05, 4.69) is 14.9 Å². The maximum absolute atomic E-state index is 12.1. The normalized spacial score (nSPS) is 11.4. The van der Waals surface area contributed by atoms with Gasteiger partial charge in [-0.15, -0.1) is 5.10 Å². The molecule has 7 nitrogen and oxygen atoms in total. The number of sulfonamides is 1. The molecule has 1 aromatic heterocycles. The average molecular weight is 268 g/mol. The van der Waals surface area contributed by atoms with Gasteiger partial charge in [-0.2, -0.15) is 0 Å². The van der Waals surface area contributed by atoms with Crippen LogP contribution in [0.25, 0.3) is 0 Å².